The summed E-state index contributed by atoms with van der Waals surface area (Å²) >= 11 is 6.16. The second kappa shape index (κ2) is 8.07. The topological polar surface area (TPSA) is 51.7 Å². The van der Waals surface area contributed by atoms with Gasteiger partial charge in [0.1, 0.15) is 12.4 Å². The van der Waals surface area contributed by atoms with Crippen molar-refractivity contribution in [3.05, 3.63) is 58.9 Å². The van der Waals surface area contributed by atoms with Gasteiger partial charge in [-0.15, -0.1) is 13.2 Å². The van der Waals surface area contributed by atoms with Gasteiger partial charge in [-0.05, 0) is 49.6 Å². The van der Waals surface area contributed by atoms with Crippen LogP contribution in [0.15, 0.2) is 42.6 Å². The molecule has 5 rings (SSSR count). The Morgan fingerprint density at radius 3 is 2.63 bits per heavy atom. The Morgan fingerprint density at radius 2 is 2.03 bits per heavy atom. The van der Waals surface area contributed by atoms with E-state index in [1.54, 1.807) is 12.3 Å². The fraction of sp³-hybridized carbons (Fsp3) is 0.429. The van der Waals surface area contributed by atoms with Crippen molar-refractivity contribution in [1.82, 2.24) is 9.88 Å². The van der Waals surface area contributed by atoms with Gasteiger partial charge in [-0.1, -0.05) is 17.7 Å². The molecule has 5 nitrogen and oxygen atoms in total. The van der Waals surface area contributed by atoms with Gasteiger partial charge in [0.2, 0.25) is 0 Å². The molecule has 2 bridgehead atoms. The highest BCUT2D eigenvalue weighted by Gasteiger charge is 2.53. The number of carbonyl (C=O) groups excluding carboxylic acids is 1. The van der Waals surface area contributed by atoms with Crippen molar-refractivity contribution in [2.24, 2.45) is 0 Å². The fourth-order valence-corrected chi connectivity index (χ4v) is 4.53. The number of nitrogens with zero attached hydrogens (tertiary/aromatic N) is 2. The summed E-state index contributed by atoms with van der Waals surface area (Å²) < 4.78 is 44.8. The quantitative estimate of drug-likeness (QED) is 0.616. The highest BCUT2D eigenvalue weighted by Crippen LogP contribution is 2.52. The minimum absolute atomic E-state index is 0.0660. The fourth-order valence-electron chi connectivity index (χ4n) is 4.29. The number of pyridine rings is 1. The van der Waals surface area contributed by atoms with Gasteiger partial charge in [0.25, 0.3) is 5.91 Å². The summed E-state index contributed by atoms with van der Waals surface area (Å²) in [5, 5.41) is 0.168. The van der Waals surface area contributed by atoms with Gasteiger partial charge in [0.05, 0.1) is 11.6 Å². The van der Waals surface area contributed by atoms with Crippen LogP contribution in [0.4, 0.5) is 13.2 Å². The minimum atomic E-state index is -4.70. The van der Waals surface area contributed by atoms with Gasteiger partial charge >= 0.3 is 6.36 Å². The van der Waals surface area contributed by atoms with E-state index in [4.69, 9.17) is 16.3 Å². The van der Waals surface area contributed by atoms with E-state index in [1.807, 2.05) is 23.1 Å². The first-order valence-corrected chi connectivity index (χ1v) is 10.0. The lowest BCUT2D eigenvalue weighted by Gasteiger charge is -2.57. The number of fused-ring (bicyclic) bond motifs is 2. The average Bonchev–Trinajstić information content (AvgIpc) is 2.70. The Balaban J connectivity index is 1.35. The molecule has 9 heteroatoms. The third kappa shape index (κ3) is 4.25. The van der Waals surface area contributed by atoms with E-state index < -0.39 is 13.0 Å². The third-order valence-corrected chi connectivity index (χ3v) is 6.07. The molecule has 1 aliphatic carbocycles. The van der Waals surface area contributed by atoms with E-state index in [9.17, 15) is 18.0 Å². The first-order chi connectivity index (χ1) is 14.3. The first-order valence-electron chi connectivity index (χ1n) is 9.63. The van der Waals surface area contributed by atoms with Gasteiger partial charge in [0, 0.05) is 35.5 Å². The predicted molar refractivity (Wildman–Crippen MR) is 104 cm³/mol. The molecule has 30 heavy (non-hydrogen) atoms. The van der Waals surface area contributed by atoms with Crippen LogP contribution in [0.5, 0.6) is 5.75 Å². The molecule has 1 amide bonds. The van der Waals surface area contributed by atoms with Crippen molar-refractivity contribution in [1.29, 1.82) is 0 Å². The zero-order valence-electron chi connectivity index (χ0n) is 16.0. The van der Waals surface area contributed by atoms with E-state index in [1.165, 1.54) is 12.1 Å². The summed E-state index contributed by atoms with van der Waals surface area (Å²) in [6, 6.07) is 10.7. The number of carbonyl (C=O) groups is 1. The molecular formula is C21H20ClF3N2O3. The number of alkyl halides is 3. The van der Waals surface area contributed by atoms with Crippen LogP contribution in [0.1, 0.15) is 35.3 Å². The van der Waals surface area contributed by atoms with E-state index in [2.05, 4.69) is 9.72 Å². The van der Waals surface area contributed by atoms with Crippen LogP contribution in [0.3, 0.4) is 0 Å². The first kappa shape index (κ1) is 20.9. The Morgan fingerprint density at radius 1 is 1.23 bits per heavy atom. The van der Waals surface area contributed by atoms with Crippen molar-refractivity contribution in [2.45, 2.75) is 37.1 Å². The summed E-state index contributed by atoms with van der Waals surface area (Å²) in [5.41, 5.74) is 1.58. The van der Waals surface area contributed by atoms with E-state index in [-0.39, 0.29) is 34.7 Å². The number of hydrogen-bond donors (Lipinski definition) is 0. The predicted octanol–water partition coefficient (Wildman–Crippen LogP) is 4.60. The van der Waals surface area contributed by atoms with E-state index in [0.717, 1.165) is 25.0 Å². The molecule has 0 N–H and O–H groups in total. The van der Waals surface area contributed by atoms with Crippen molar-refractivity contribution < 1.29 is 27.4 Å². The average molecular weight is 441 g/mol. The molecule has 1 aromatic carbocycles. The van der Waals surface area contributed by atoms with Crippen LogP contribution in [0.2, 0.25) is 5.02 Å². The second-order valence-electron chi connectivity index (χ2n) is 7.59. The summed E-state index contributed by atoms with van der Waals surface area (Å²) in [5.74, 6) is 0.0959. The standard InChI is InChI=1S/C21H20ClF3N2O3/c22-16-11-14(4-5-17(16)29-9-10-30-21(23,24)25)19(28)27-8-6-20(12-15(27)13-20)18-3-1-2-7-26-18/h1-5,7,11,15H,6,8-10,12-13H2. The summed E-state index contributed by atoms with van der Waals surface area (Å²) in [6.45, 7) is -0.310. The molecule has 0 unspecified atom stereocenters. The zero-order chi connectivity index (χ0) is 21.4. The Hall–Kier alpha value is -2.32. The van der Waals surface area contributed by atoms with Crippen molar-refractivity contribution in [3.63, 3.8) is 0 Å². The molecule has 0 atom stereocenters. The molecule has 0 radical (unpaired) electrons. The molecular weight excluding hydrogens is 421 g/mol. The smallest absolute Gasteiger partial charge is 0.490 e. The highest BCUT2D eigenvalue weighted by atomic mass is 35.5. The number of amides is 1. The summed E-state index contributed by atoms with van der Waals surface area (Å²) in [7, 11) is 0. The highest BCUT2D eigenvalue weighted by molar-refractivity contribution is 6.32. The van der Waals surface area contributed by atoms with Gasteiger partial charge in [0.15, 0.2) is 0 Å². The van der Waals surface area contributed by atoms with Gasteiger partial charge in [-0.25, -0.2) is 0 Å². The molecule has 3 heterocycles. The van der Waals surface area contributed by atoms with Crippen LogP contribution in [-0.2, 0) is 10.2 Å². The maximum Gasteiger partial charge on any atom is 0.522 e. The monoisotopic (exact) mass is 440 g/mol. The molecule has 160 valence electrons. The second-order valence-corrected chi connectivity index (χ2v) is 8.00. The van der Waals surface area contributed by atoms with E-state index in [0.29, 0.717) is 12.1 Å². The molecule has 2 saturated heterocycles. The van der Waals surface area contributed by atoms with Gasteiger partial charge in [-0.2, -0.15) is 0 Å². The summed E-state index contributed by atoms with van der Waals surface area (Å²) in [4.78, 5) is 19.3. The van der Waals surface area contributed by atoms with Gasteiger partial charge in [-0.3, -0.25) is 14.5 Å². The Labute approximate surface area is 176 Å². The summed E-state index contributed by atoms with van der Waals surface area (Å²) in [6.07, 6.45) is -0.252. The number of benzene rings is 1. The van der Waals surface area contributed by atoms with Crippen molar-refractivity contribution >= 4 is 17.5 Å². The maximum absolute atomic E-state index is 13.0. The lowest BCUT2D eigenvalue weighted by molar-refractivity contribution is -0.325. The number of hydrogen-bond acceptors (Lipinski definition) is 4. The Bertz CT molecular complexity index is 912. The number of ether oxygens (including phenoxy) is 2. The van der Waals surface area contributed by atoms with Crippen LogP contribution < -0.4 is 4.74 Å². The van der Waals surface area contributed by atoms with E-state index >= 15 is 0 Å². The molecule has 2 aliphatic heterocycles. The van der Waals surface area contributed by atoms with Crippen LogP contribution in [-0.4, -0.2) is 48.0 Å². The van der Waals surface area contributed by atoms with Gasteiger partial charge < -0.3 is 9.64 Å². The normalized spacial score (nSPS) is 23.1. The van der Waals surface area contributed by atoms with Crippen molar-refractivity contribution in [2.75, 3.05) is 19.8 Å². The molecule has 0 spiro atoms. The number of rotatable bonds is 6. The van der Waals surface area contributed by atoms with Crippen LogP contribution in [0.25, 0.3) is 0 Å². The lowest BCUT2D eigenvalue weighted by atomic mass is 9.58. The SMILES string of the molecule is O=C(c1ccc(OCCOC(F)(F)F)c(Cl)c1)N1CCC2(c3ccccn3)CC1C2. The minimum Gasteiger partial charge on any atom is -0.490 e. The maximum atomic E-state index is 13.0. The number of halogens is 4. The van der Waals surface area contributed by atoms with Crippen LogP contribution in [0, 0.1) is 0 Å². The number of piperidine rings is 2. The Kier molecular flexibility index (Phi) is 5.63. The molecule has 1 aromatic heterocycles. The lowest BCUT2D eigenvalue weighted by Crippen LogP contribution is -2.61. The molecule has 1 saturated carbocycles. The molecule has 2 aromatic rings. The molecule has 3 fully saturated rings. The largest absolute Gasteiger partial charge is 0.522 e. The molecule has 3 aliphatic rings. The van der Waals surface area contributed by atoms with Crippen LogP contribution >= 0.6 is 11.6 Å². The van der Waals surface area contributed by atoms with Crippen molar-refractivity contribution in [3.8, 4) is 5.75 Å². The number of aromatic nitrogens is 1. The zero-order valence-corrected chi connectivity index (χ0v) is 16.7. The third-order valence-electron chi connectivity index (χ3n) is 5.78.